The van der Waals surface area contributed by atoms with Gasteiger partial charge in [-0.05, 0) is 43.0 Å². The summed E-state index contributed by atoms with van der Waals surface area (Å²) in [6, 6.07) is 11.1. The van der Waals surface area contributed by atoms with Gasteiger partial charge in [0, 0.05) is 79.0 Å². The van der Waals surface area contributed by atoms with Crippen LogP contribution in [0.25, 0.3) is 10.8 Å². The molecule has 0 heterocycles. The maximum absolute atomic E-state index is 13.3. The summed E-state index contributed by atoms with van der Waals surface area (Å²) in [6.07, 6.45) is 10.7. The van der Waals surface area contributed by atoms with E-state index in [-0.39, 0.29) is 19.4 Å². The second-order valence-corrected chi connectivity index (χ2v) is 19.5. The van der Waals surface area contributed by atoms with Crippen molar-refractivity contribution in [3.05, 3.63) is 59.7 Å². The lowest BCUT2D eigenvalue weighted by Gasteiger charge is -2.52. The molecule has 11 nitrogen and oxygen atoms in total. The lowest BCUT2D eigenvalue weighted by atomic mass is 9.59. The fourth-order valence-electron chi connectivity index (χ4n) is 10.6. The second kappa shape index (κ2) is 15.9. The van der Waals surface area contributed by atoms with Crippen LogP contribution in [0.3, 0.4) is 0 Å². The summed E-state index contributed by atoms with van der Waals surface area (Å²) in [4.78, 5) is 28.8. The number of rotatable bonds is 17. The first-order valence-corrected chi connectivity index (χ1v) is 21.9. The molecule has 6 rings (SSSR count). The number of sulfonamides is 1. The summed E-state index contributed by atoms with van der Waals surface area (Å²) >= 11 is 0. The van der Waals surface area contributed by atoms with Gasteiger partial charge in [-0.2, -0.15) is 0 Å². The van der Waals surface area contributed by atoms with Crippen LogP contribution >= 0.6 is 0 Å². The first-order chi connectivity index (χ1) is 26.4. The van der Waals surface area contributed by atoms with Gasteiger partial charge in [0.15, 0.2) is 5.78 Å². The largest absolute Gasteiger partial charge is 0.459 e. The Morgan fingerprint density at radius 3 is 2.16 bits per heavy atom. The molecule has 0 aliphatic heterocycles. The molecule has 0 radical (unpaired) electrons. The molecular weight excluding hydrogens is 733 g/mol. The van der Waals surface area contributed by atoms with E-state index in [1.807, 2.05) is 57.1 Å². The molecule has 0 amide bonds. The molecule has 5 N–H and O–H groups in total. The number of hydrogen-bond acceptors (Lipinski definition) is 10. The van der Waals surface area contributed by atoms with Crippen LogP contribution in [0.15, 0.2) is 64.6 Å². The number of carbonyl (C=O) groups excluding carboxylic acids is 2. The van der Waals surface area contributed by atoms with Crippen LogP contribution in [0.5, 0.6) is 0 Å². The van der Waals surface area contributed by atoms with E-state index in [2.05, 4.69) is 4.72 Å². The third-order valence-electron chi connectivity index (χ3n) is 13.7. The average molecular weight is 795 g/mol. The summed E-state index contributed by atoms with van der Waals surface area (Å²) in [7, 11) is 0.239. The number of anilines is 1. The topological polar surface area (TPSA) is 174 Å². The molecule has 2 aromatic carbocycles. The van der Waals surface area contributed by atoms with Gasteiger partial charge in [0.05, 0.1) is 17.1 Å². The Labute approximate surface area is 332 Å². The number of nitrogens with zero attached hydrogens (tertiary/aromatic N) is 1. The molecule has 12 heteroatoms. The third-order valence-corrected chi connectivity index (χ3v) is 15.3. The molecule has 56 heavy (non-hydrogen) atoms. The summed E-state index contributed by atoms with van der Waals surface area (Å²) in [5, 5.41) is 48.3. The highest BCUT2D eigenvalue weighted by Crippen LogP contribution is 2.75. The Balaban J connectivity index is 0.922. The van der Waals surface area contributed by atoms with E-state index in [1.165, 1.54) is 0 Å². The standard InChI is InChI=1S/C44H62N2O9S/c1-28-24-36-42(50,39(28)49)26-30(27-47)25-33-38-41(3,4)44(38,52)40(29(2)43(33,36)51)55-37(48)22-14-12-10-8-7-9-11-13-15-23-45-56(53,54)35-21-17-18-31-32(35)19-16-20-34(31)46(5)6/h16-21,24-25,29,33,36,38,40,45,47,50-52H,7-15,22-23,26-27H2,1-6H3/t29-,33+,36-,38+,40-,42-,43-,44-/m1/s1. The Bertz CT molecular complexity index is 1990. The molecule has 0 unspecified atom stereocenters. The second-order valence-electron chi connectivity index (χ2n) is 17.7. The Hall–Kier alpha value is -3.13. The van der Waals surface area contributed by atoms with Gasteiger partial charge in [-0.3, -0.25) is 9.59 Å². The average Bonchev–Trinajstić information content (AvgIpc) is 3.55. The van der Waals surface area contributed by atoms with Crippen molar-refractivity contribution in [2.24, 2.45) is 29.1 Å². The zero-order valence-electron chi connectivity index (χ0n) is 33.9. The quantitative estimate of drug-likeness (QED) is 0.0773. The van der Waals surface area contributed by atoms with Gasteiger partial charge in [-0.15, -0.1) is 0 Å². The summed E-state index contributed by atoms with van der Waals surface area (Å²) in [5.41, 5.74) is -4.04. The molecular formula is C44H62N2O9S. The number of fused-ring (bicyclic) bond motifs is 6. The smallest absolute Gasteiger partial charge is 0.306 e. The fraction of sp³-hybridized carbons (Fsp3) is 0.636. The van der Waals surface area contributed by atoms with Crippen molar-refractivity contribution >= 4 is 38.2 Å². The van der Waals surface area contributed by atoms with Crippen molar-refractivity contribution < 1.29 is 43.2 Å². The molecule has 0 spiro atoms. The number of aliphatic hydroxyl groups excluding tert-OH is 1. The highest BCUT2D eigenvalue weighted by atomic mass is 32.2. The Morgan fingerprint density at radius 1 is 0.911 bits per heavy atom. The van der Waals surface area contributed by atoms with Gasteiger partial charge in [-0.1, -0.05) is 102 Å². The number of nitrogens with one attached hydrogen (secondary N) is 1. The highest BCUT2D eigenvalue weighted by Gasteiger charge is 2.85. The maximum atomic E-state index is 13.3. The monoisotopic (exact) mass is 794 g/mol. The number of hydrogen-bond donors (Lipinski definition) is 5. The van der Waals surface area contributed by atoms with E-state index < -0.39 is 73.8 Å². The predicted molar refractivity (Wildman–Crippen MR) is 216 cm³/mol. The number of carbonyl (C=O) groups is 2. The van der Waals surface area contributed by atoms with Gasteiger partial charge in [0.2, 0.25) is 10.0 Å². The SMILES string of the molecule is CC1=C[C@H]2[C@@]3(O)[C@H](C)[C@@H](OC(=O)CCCCCCCCCCCNS(=O)(=O)c4cccc5c(N(C)C)cccc45)[C@]4(O)[C@@H]([C@@H]3C=C(CO)C[C@]2(O)C1=O)C4(C)C. The summed E-state index contributed by atoms with van der Waals surface area (Å²) < 4.78 is 35.2. The van der Waals surface area contributed by atoms with E-state index in [1.54, 1.807) is 38.1 Å². The number of aliphatic hydroxyl groups is 4. The number of unbranched alkanes of at least 4 members (excludes halogenated alkanes) is 8. The van der Waals surface area contributed by atoms with Crippen molar-refractivity contribution in [1.82, 2.24) is 4.72 Å². The van der Waals surface area contributed by atoms with Crippen molar-refractivity contribution in [3.63, 3.8) is 0 Å². The molecule has 4 aliphatic rings. The molecule has 0 bridgehead atoms. The van der Waals surface area contributed by atoms with E-state index in [0.717, 1.165) is 62.4 Å². The molecule has 0 aromatic heterocycles. The van der Waals surface area contributed by atoms with Crippen molar-refractivity contribution in [3.8, 4) is 0 Å². The van der Waals surface area contributed by atoms with Crippen LogP contribution in [0.2, 0.25) is 0 Å². The van der Waals surface area contributed by atoms with E-state index >= 15 is 0 Å². The number of ether oxygens (including phenoxy) is 1. The van der Waals surface area contributed by atoms with E-state index in [9.17, 15) is 38.4 Å². The van der Waals surface area contributed by atoms with Crippen LogP contribution in [0.1, 0.15) is 98.3 Å². The van der Waals surface area contributed by atoms with Gasteiger partial charge in [0.1, 0.15) is 17.3 Å². The number of ketones is 1. The third kappa shape index (κ3) is 7.17. The summed E-state index contributed by atoms with van der Waals surface area (Å²) in [6.45, 7) is 7.11. The predicted octanol–water partition coefficient (Wildman–Crippen LogP) is 5.58. The van der Waals surface area contributed by atoms with Crippen molar-refractivity contribution in [2.75, 3.05) is 32.1 Å². The lowest BCUT2D eigenvalue weighted by Crippen LogP contribution is -2.65. The molecule has 308 valence electrons. The normalized spacial score (nSPS) is 31.8. The van der Waals surface area contributed by atoms with Crippen LogP contribution < -0.4 is 9.62 Å². The zero-order chi connectivity index (χ0) is 40.8. The molecule has 8 atom stereocenters. The van der Waals surface area contributed by atoms with Gasteiger partial charge >= 0.3 is 5.97 Å². The van der Waals surface area contributed by atoms with Crippen LogP contribution in [0.4, 0.5) is 5.69 Å². The lowest BCUT2D eigenvalue weighted by molar-refractivity contribution is -0.221. The minimum Gasteiger partial charge on any atom is -0.459 e. The Morgan fingerprint density at radius 2 is 1.52 bits per heavy atom. The van der Waals surface area contributed by atoms with Crippen LogP contribution in [-0.4, -0.2) is 90.8 Å². The highest BCUT2D eigenvalue weighted by molar-refractivity contribution is 7.89. The fourth-order valence-corrected chi connectivity index (χ4v) is 11.9. The Kier molecular flexibility index (Phi) is 12.1. The summed E-state index contributed by atoms with van der Waals surface area (Å²) in [5.74, 6) is -3.92. The number of esters is 1. The van der Waals surface area contributed by atoms with Crippen molar-refractivity contribution in [1.29, 1.82) is 0 Å². The van der Waals surface area contributed by atoms with Crippen molar-refractivity contribution in [2.45, 2.75) is 126 Å². The van der Waals surface area contributed by atoms with Crippen LogP contribution in [0, 0.1) is 29.1 Å². The number of Topliss-reactive ketones (excluding diaryl/α,β-unsaturated/α-hetero) is 1. The van der Waals surface area contributed by atoms with E-state index in [0.29, 0.717) is 34.4 Å². The number of benzene rings is 2. The molecule has 2 aromatic rings. The van der Waals surface area contributed by atoms with Gasteiger partial charge in [0.25, 0.3) is 0 Å². The first-order valence-electron chi connectivity index (χ1n) is 20.5. The van der Waals surface area contributed by atoms with Gasteiger partial charge < -0.3 is 30.1 Å². The molecule has 2 fully saturated rings. The van der Waals surface area contributed by atoms with E-state index in [4.69, 9.17) is 4.74 Å². The molecule has 0 saturated heterocycles. The minimum atomic E-state index is -3.64. The zero-order valence-corrected chi connectivity index (χ0v) is 34.7. The van der Waals surface area contributed by atoms with Gasteiger partial charge in [-0.25, -0.2) is 13.1 Å². The minimum absolute atomic E-state index is 0.113. The van der Waals surface area contributed by atoms with Crippen LogP contribution in [-0.2, 0) is 24.3 Å². The first kappa shape index (κ1) is 42.5. The molecule has 4 aliphatic carbocycles. The maximum Gasteiger partial charge on any atom is 0.306 e. The molecule has 2 saturated carbocycles.